The molecule has 1 aliphatic rings. The molecular weight excluding hydrogens is 348 g/mol. The number of nitrogens with zero attached hydrogens (tertiary/aromatic N) is 3. The van der Waals surface area contributed by atoms with E-state index in [-0.39, 0.29) is 34.6 Å². The Morgan fingerprint density at radius 1 is 1.46 bits per heavy atom. The molecular formula is C15H24N4O3S2. The van der Waals surface area contributed by atoms with Crippen molar-refractivity contribution in [2.75, 3.05) is 11.5 Å². The summed E-state index contributed by atoms with van der Waals surface area (Å²) < 4.78 is 25.3. The van der Waals surface area contributed by atoms with Crippen LogP contribution >= 0.6 is 11.8 Å². The molecule has 0 aromatic carbocycles. The lowest BCUT2D eigenvalue weighted by Gasteiger charge is -2.15. The van der Waals surface area contributed by atoms with Gasteiger partial charge in [0.05, 0.1) is 16.8 Å². The fraction of sp³-hybridized carbons (Fsp3) is 0.667. The van der Waals surface area contributed by atoms with Gasteiger partial charge in [0.15, 0.2) is 15.0 Å². The highest BCUT2D eigenvalue weighted by Crippen LogP contribution is 2.31. The molecule has 7 nitrogen and oxygen atoms in total. The monoisotopic (exact) mass is 372 g/mol. The van der Waals surface area contributed by atoms with E-state index in [1.54, 1.807) is 6.08 Å². The minimum Gasteiger partial charge on any atom is -0.353 e. The lowest BCUT2D eigenvalue weighted by Crippen LogP contribution is -2.36. The Morgan fingerprint density at radius 3 is 2.71 bits per heavy atom. The molecule has 1 N–H and O–H groups in total. The number of thioether (sulfide) groups is 1. The second-order valence-corrected chi connectivity index (χ2v) is 9.80. The molecule has 1 fully saturated rings. The number of allylic oxidation sites excluding steroid dienone is 1. The maximum absolute atomic E-state index is 12.1. The van der Waals surface area contributed by atoms with Gasteiger partial charge in [0.2, 0.25) is 5.91 Å². The van der Waals surface area contributed by atoms with Gasteiger partial charge in [-0.15, -0.1) is 16.8 Å². The summed E-state index contributed by atoms with van der Waals surface area (Å²) >= 11 is 1.32. The van der Waals surface area contributed by atoms with E-state index in [1.165, 1.54) is 11.8 Å². The van der Waals surface area contributed by atoms with Crippen LogP contribution in [0.25, 0.3) is 0 Å². The van der Waals surface area contributed by atoms with E-state index >= 15 is 0 Å². The van der Waals surface area contributed by atoms with Crippen LogP contribution in [-0.2, 0) is 21.2 Å². The summed E-state index contributed by atoms with van der Waals surface area (Å²) in [7, 11) is -2.99. The highest BCUT2D eigenvalue weighted by Gasteiger charge is 2.33. The summed E-state index contributed by atoms with van der Waals surface area (Å²) in [5.41, 5.74) is 0. The Morgan fingerprint density at radius 2 is 2.17 bits per heavy atom. The zero-order valence-corrected chi connectivity index (χ0v) is 15.9. The van der Waals surface area contributed by atoms with Crippen molar-refractivity contribution >= 4 is 27.5 Å². The quantitative estimate of drug-likeness (QED) is 0.574. The molecule has 0 saturated carbocycles. The number of nitrogens with one attached hydrogen (secondary N) is 1. The SMILES string of the molecule is C=CCn1c(S[C@@H](C)C(=O)NC(C)C)nnc1[C@@H]1CCS(=O)(=O)C1. The minimum absolute atomic E-state index is 0.0619. The Hall–Kier alpha value is -1.35. The van der Waals surface area contributed by atoms with Gasteiger partial charge in [0.25, 0.3) is 0 Å². The normalized spacial score (nSPS) is 20.9. The zero-order chi connectivity index (χ0) is 17.9. The summed E-state index contributed by atoms with van der Waals surface area (Å²) in [5.74, 6) is 0.754. The molecule has 0 spiro atoms. The van der Waals surface area contributed by atoms with E-state index in [1.807, 2.05) is 25.3 Å². The molecule has 1 amide bonds. The minimum atomic E-state index is -2.99. The van der Waals surface area contributed by atoms with Crippen molar-refractivity contribution in [3.8, 4) is 0 Å². The Kier molecular flexibility index (Phi) is 6.08. The fourth-order valence-corrected chi connectivity index (χ4v) is 5.22. The Bertz CT molecular complexity index is 712. The summed E-state index contributed by atoms with van der Waals surface area (Å²) in [4.78, 5) is 12.1. The first-order valence-corrected chi connectivity index (χ1v) is 10.6. The van der Waals surface area contributed by atoms with Gasteiger partial charge in [-0.1, -0.05) is 17.8 Å². The van der Waals surface area contributed by atoms with Crippen molar-refractivity contribution < 1.29 is 13.2 Å². The predicted molar refractivity (Wildman–Crippen MR) is 94.8 cm³/mol. The van der Waals surface area contributed by atoms with E-state index in [4.69, 9.17) is 0 Å². The van der Waals surface area contributed by atoms with Crippen LogP contribution < -0.4 is 5.32 Å². The first-order valence-electron chi connectivity index (χ1n) is 7.95. The van der Waals surface area contributed by atoms with Gasteiger partial charge in [0.1, 0.15) is 5.82 Å². The van der Waals surface area contributed by atoms with E-state index in [0.29, 0.717) is 23.9 Å². The molecule has 1 aromatic heterocycles. The Balaban J connectivity index is 2.19. The Labute approximate surface area is 147 Å². The molecule has 1 aromatic rings. The third-order valence-corrected chi connectivity index (χ3v) is 6.59. The topological polar surface area (TPSA) is 93.9 Å². The van der Waals surface area contributed by atoms with Gasteiger partial charge < -0.3 is 9.88 Å². The van der Waals surface area contributed by atoms with Crippen molar-refractivity contribution in [1.29, 1.82) is 0 Å². The van der Waals surface area contributed by atoms with Crippen molar-refractivity contribution in [3.63, 3.8) is 0 Å². The third kappa shape index (κ3) is 4.60. The van der Waals surface area contributed by atoms with Gasteiger partial charge in [0, 0.05) is 18.5 Å². The number of amides is 1. The van der Waals surface area contributed by atoms with Crippen molar-refractivity contribution in [2.24, 2.45) is 0 Å². The van der Waals surface area contributed by atoms with Crippen LogP contribution in [0, 0.1) is 0 Å². The molecule has 24 heavy (non-hydrogen) atoms. The van der Waals surface area contributed by atoms with Crippen LogP contribution in [0.4, 0.5) is 0 Å². The standard InChI is InChI=1S/C15H24N4O3S2/c1-5-7-19-13(12-6-8-24(21,22)9-12)17-18-15(19)23-11(4)14(20)16-10(2)3/h5,10-12H,1,6-9H2,2-4H3,(H,16,20)/t11-,12+/m0/s1. The number of rotatable bonds is 7. The first-order chi connectivity index (χ1) is 11.2. The molecule has 9 heteroatoms. The van der Waals surface area contributed by atoms with Crippen LogP contribution in [0.15, 0.2) is 17.8 Å². The van der Waals surface area contributed by atoms with Crippen LogP contribution in [0.2, 0.25) is 0 Å². The van der Waals surface area contributed by atoms with Crippen LogP contribution in [0.1, 0.15) is 38.9 Å². The second kappa shape index (κ2) is 7.69. The maximum atomic E-state index is 12.1. The van der Waals surface area contributed by atoms with E-state index in [0.717, 1.165) is 0 Å². The number of sulfone groups is 1. The molecule has 134 valence electrons. The number of carbonyl (C=O) groups is 1. The molecule has 0 unspecified atom stereocenters. The summed E-state index contributed by atoms with van der Waals surface area (Å²) in [5, 5.41) is 11.5. The smallest absolute Gasteiger partial charge is 0.233 e. The predicted octanol–water partition coefficient (Wildman–Crippen LogP) is 1.37. The van der Waals surface area contributed by atoms with Gasteiger partial charge in [-0.05, 0) is 27.2 Å². The number of aromatic nitrogens is 3. The molecule has 0 radical (unpaired) electrons. The number of hydrogen-bond donors (Lipinski definition) is 1. The van der Waals surface area contributed by atoms with Gasteiger partial charge in [-0.2, -0.15) is 0 Å². The van der Waals surface area contributed by atoms with Gasteiger partial charge in [-0.25, -0.2) is 8.42 Å². The number of carbonyl (C=O) groups excluding carboxylic acids is 1. The molecule has 1 aliphatic heterocycles. The second-order valence-electron chi connectivity index (χ2n) is 6.26. The molecule has 0 aliphatic carbocycles. The molecule has 1 saturated heterocycles. The molecule has 0 bridgehead atoms. The van der Waals surface area contributed by atoms with Crippen LogP contribution in [0.5, 0.6) is 0 Å². The van der Waals surface area contributed by atoms with E-state index in [2.05, 4.69) is 22.1 Å². The van der Waals surface area contributed by atoms with Crippen molar-refractivity contribution in [2.45, 2.75) is 56.1 Å². The third-order valence-electron chi connectivity index (χ3n) is 3.74. The van der Waals surface area contributed by atoms with Crippen LogP contribution in [-0.4, -0.2) is 51.9 Å². The van der Waals surface area contributed by atoms with Gasteiger partial charge >= 0.3 is 0 Å². The number of hydrogen-bond acceptors (Lipinski definition) is 6. The highest BCUT2D eigenvalue weighted by atomic mass is 32.2. The maximum Gasteiger partial charge on any atom is 0.233 e. The van der Waals surface area contributed by atoms with E-state index in [9.17, 15) is 13.2 Å². The summed E-state index contributed by atoms with van der Waals surface area (Å²) in [6.45, 7) is 9.87. The summed E-state index contributed by atoms with van der Waals surface area (Å²) in [6.07, 6.45) is 2.28. The van der Waals surface area contributed by atoms with Crippen molar-refractivity contribution in [3.05, 3.63) is 18.5 Å². The molecule has 2 rings (SSSR count). The largest absolute Gasteiger partial charge is 0.353 e. The summed E-state index contributed by atoms with van der Waals surface area (Å²) in [6, 6.07) is 0.0749. The van der Waals surface area contributed by atoms with Crippen molar-refractivity contribution in [1.82, 2.24) is 20.1 Å². The lowest BCUT2D eigenvalue weighted by molar-refractivity contribution is -0.120. The average Bonchev–Trinajstić information content (AvgIpc) is 3.02. The average molecular weight is 373 g/mol. The molecule has 2 atom stereocenters. The molecule has 2 heterocycles. The highest BCUT2D eigenvalue weighted by molar-refractivity contribution is 8.00. The van der Waals surface area contributed by atoms with Crippen LogP contribution in [0.3, 0.4) is 0 Å². The first kappa shape index (κ1) is 19.0. The lowest BCUT2D eigenvalue weighted by atomic mass is 10.1. The zero-order valence-electron chi connectivity index (χ0n) is 14.2. The van der Waals surface area contributed by atoms with Gasteiger partial charge in [-0.3, -0.25) is 4.79 Å². The van der Waals surface area contributed by atoms with E-state index < -0.39 is 9.84 Å². The fourth-order valence-electron chi connectivity index (χ4n) is 2.60.